The quantitative estimate of drug-likeness (QED) is 0.781. The minimum atomic E-state index is -4.02. The smallest absolute Gasteiger partial charge is 0.417 e. The van der Waals surface area contributed by atoms with Gasteiger partial charge >= 0.3 is 6.09 Å². The van der Waals surface area contributed by atoms with Gasteiger partial charge in [-0.1, -0.05) is 0 Å². The van der Waals surface area contributed by atoms with Gasteiger partial charge in [0, 0.05) is 13.1 Å². The zero-order valence-corrected chi connectivity index (χ0v) is 13.6. The molecule has 1 unspecified atom stereocenters. The van der Waals surface area contributed by atoms with Gasteiger partial charge in [-0.05, 0) is 24.6 Å². The van der Waals surface area contributed by atoms with Crippen LogP contribution in [0, 0.1) is 5.82 Å². The Morgan fingerprint density at radius 3 is 2.71 bits per heavy atom. The van der Waals surface area contributed by atoms with E-state index in [0.717, 1.165) is 21.3 Å². The SMILES string of the molecule is COc1ccc(F)cc1S(=O)(=O)N1CCC(N2C(=O)COC2=O)C1. The highest BCUT2D eigenvalue weighted by molar-refractivity contribution is 7.89. The number of carbonyl (C=O) groups excluding carboxylic acids is 2. The van der Waals surface area contributed by atoms with E-state index < -0.39 is 33.9 Å². The third-order valence-electron chi connectivity index (χ3n) is 4.02. The van der Waals surface area contributed by atoms with Crippen LogP contribution in [0.25, 0.3) is 0 Å². The Bertz CT molecular complexity index is 780. The zero-order valence-electron chi connectivity index (χ0n) is 12.8. The van der Waals surface area contributed by atoms with Crippen LogP contribution in [-0.2, 0) is 19.6 Å². The summed E-state index contributed by atoms with van der Waals surface area (Å²) >= 11 is 0. The van der Waals surface area contributed by atoms with E-state index in [9.17, 15) is 22.4 Å². The van der Waals surface area contributed by atoms with Gasteiger partial charge in [0.05, 0.1) is 13.2 Å². The average molecular weight is 358 g/mol. The highest BCUT2D eigenvalue weighted by Crippen LogP contribution is 2.31. The molecule has 0 bridgehead atoms. The third-order valence-corrected chi connectivity index (χ3v) is 5.91. The number of nitrogens with zero attached hydrogens (tertiary/aromatic N) is 2. The van der Waals surface area contributed by atoms with Gasteiger partial charge in [0.1, 0.15) is 16.5 Å². The number of ether oxygens (including phenoxy) is 2. The Morgan fingerprint density at radius 2 is 2.08 bits per heavy atom. The maximum absolute atomic E-state index is 13.5. The van der Waals surface area contributed by atoms with Crippen molar-refractivity contribution in [3.8, 4) is 5.75 Å². The Labute approximate surface area is 137 Å². The van der Waals surface area contributed by atoms with Crippen LogP contribution in [0.5, 0.6) is 5.75 Å². The molecule has 2 saturated heterocycles. The van der Waals surface area contributed by atoms with Gasteiger partial charge in [-0.15, -0.1) is 0 Å². The first kappa shape index (κ1) is 16.7. The second-order valence-electron chi connectivity index (χ2n) is 5.42. The third kappa shape index (κ3) is 2.71. The summed E-state index contributed by atoms with van der Waals surface area (Å²) in [4.78, 5) is 23.9. The lowest BCUT2D eigenvalue weighted by Crippen LogP contribution is -2.42. The summed E-state index contributed by atoms with van der Waals surface area (Å²) in [5.74, 6) is -1.17. The summed E-state index contributed by atoms with van der Waals surface area (Å²) in [6, 6.07) is 2.62. The van der Waals surface area contributed by atoms with Crippen molar-refractivity contribution < 1.29 is 31.9 Å². The Hall–Kier alpha value is -2.20. The van der Waals surface area contributed by atoms with Crippen LogP contribution in [0.3, 0.4) is 0 Å². The molecule has 130 valence electrons. The second kappa shape index (κ2) is 6.02. The van der Waals surface area contributed by atoms with Crippen LogP contribution >= 0.6 is 0 Å². The minimum absolute atomic E-state index is 0.0245. The van der Waals surface area contributed by atoms with Gasteiger partial charge in [0.2, 0.25) is 10.0 Å². The van der Waals surface area contributed by atoms with E-state index in [1.165, 1.54) is 13.2 Å². The van der Waals surface area contributed by atoms with E-state index in [1.54, 1.807) is 0 Å². The fourth-order valence-corrected chi connectivity index (χ4v) is 4.51. The van der Waals surface area contributed by atoms with Gasteiger partial charge in [-0.2, -0.15) is 4.31 Å². The topological polar surface area (TPSA) is 93.2 Å². The predicted molar refractivity (Wildman–Crippen MR) is 78.3 cm³/mol. The van der Waals surface area contributed by atoms with Gasteiger partial charge in [0.15, 0.2) is 6.61 Å². The first-order chi connectivity index (χ1) is 11.3. The standard InChI is InChI=1S/C14H15FN2O6S/c1-22-11-3-2-9(15)6-12(11)24(20,21)16-5-4-10(7-16)17-13(18)8-23-14(17)19/h2-3,6,10H,4-5,7-8H2,1H3. The van der Waals surface area contributed by atoms with Crippen LogP contribution in [0.2, 0.25) is 0 Å². The zero-order chi connectivity index (χ0) is 17.5. The van der Waals surface area contributed by atoms with E-state index in [2.05, 4.69) is 4.74 Å². The molecule has 10 heteroatoms. The van der Waals surface area contributed by atoms with Crippen molar-refractivity contribution in [3.05, 3.63) is 24.0 Å². The molecule has 0 saturated carbocycles. The van der Waals surface area contributed by atoms with Gasteiger partial charge < -0.3 is 9.47 Å². The highest BCUT2D eigenvalue weighted by atomic mass is 32.2. The van der Waals surface area contributed by atoms with Crippen molar-refractivity contribution in [2.24, 2.45) is 0 Å². The lowest BCUT2D eigenvalue weighted by molar-refractivity contribution is -0.127. The van der Waals surface area contributed by atoms with Crippen LogP contribution in [0.1, 0.15) is 6.42 Å². The summed E-state index contributed by atoms with van der Waals surface area (Å²) in [5, 5.41) is 0. The number of methoxy groups -OCH3 is 1. The molecule has 0 spiro atoms. The van der Waals surface area contributed by atoms with Gasteiger partial charge in [0.25, 0.3) is 5.91 Å². The molecular formula is C14H15FN2O6S. The molecule has 2 heterocycles. The maximum atomic E-state index is 13.5. The molecule has 0 radical (unpaired) electrons. The molecule has 3 rings (SSSR count). The van der Waals surface area contributed by atoms with E-state index in [-0.39, 0.29) is 36.8 Å². The largest absolute Gasteiger partial charge is 0.495 e. The fourth-order valence-electron chi connectivity index (χ4n) is 2.85. The Balaban J connectivity index is 1.86. The summed E-state index contributed by atoms with van der Waals surface area (Å²) in [5.41, 5.74) is 0. The number of halogens is 1. The number of hydrogen-bond acceptors (Lipinski definition) is 6. The van der Waals surface area contributed by atoms with Crippen molar-refractivity contribution in [2.75, 3.05) is 26.8 Å². The van der Waals surface area contributed by atoms with Crippen molar-refractivity contribution in [1.82, 2.24) is 9.21 Å². The van der Waals surface area contributed by atoms with Crippen molar-refractivity contribution >= 4 is 22.0 Å². The minimum Gasteiger partial charge on any atom is -0.495 e. The van der Waals surface area contributed by atoms with Gasteiger partial charge in [-0.3, -0.25) is 4.79 Å². The number of benzene rings is 1. The molecule has 24 heavy (non-hydrogen) atoms. The van der Waals surface area contributed by atoms with Gasteiger partial charge in [-0.25, -0.2) is 22.5 Å². The van der Waals surface area contributed by atoms with Crippen LogP contribution in [0.4, 0.5) is 9.18 Å². The molecule has 2 aliphatic heterocycles. The molecule has 2 aliphatic rings. The van der Waals surface area contributed by atoms with E-state index in [0.29, 0.717) is 0 Å². The number of rotatable bonds is 4. The Kier molecular flexibility index (Phi) is 4.18. The molecule has 8 nitrogen and oxygen atoms in total. The van der Waals surface area contributed by atoms with Crippen molar-refractivity contribution in [1.29, 1.82) is 0 Å². The lowest BCUT2D eigenvalue weighted by atomic mass is 10.2. The number of amides is 2. The molecule has 1 atom stereocenters. The Morgan fingerprint density at radius 1 is 1.33 bits per heavy atom. The van der Waals surface area contributed by atoms with Crippen LogP contribution < -0.4 is 4.74 Å². The van der Waals surface area contributed by atoms with E-state index >= 15 is 0 Å². The molecule has 0 aromatic heterocycles. The second-order valence-corrected chi connectivity index (χ2v) is 7.33. The first-order valence-electron chi connectivity index (χ1n) is 7.17. The molecule has 0 N–H and O–H groups in total. The lowest BCUT2D eigenvalue weighted by Gasteiger charge is -2.21. The van der Waals surface area contributed by atoms with Crippen molar-refractivity contribution in [2.45, 2.75) is 17.4 Å². The number of sulfonamides is 1. The monoisotopic (exact) mass is 358 g/mol. The predicted octanol–water partition coefficient (Wildman–Crippen LogP) is 0.576. The van der Waals surface area contributed by atoms with E-state index in [1.807, 2.05) is 0 Å². The fraction of sp³-hybridized carbons (Fsp3) is 0.429. The highest BCUT2D eigenvalue weighted by Gasteiger charge is 2.43. The summed E-state index contributed by atoms with van der Waals surface area (Å²) < 4.78 is 49.7. The normalized spacial score (nSPS) is 22.1. The molecule has 0 aliphatic carbocycles. The van der Waals surface area contributed by atoms with Crippen LogP contribution in [-0.4, -0.2) is 62.5 Å². The number of hydrogen-bond donors (Lipinski definition) is 0. The van der Waals surface area contributed by atoms with E-state index in [4.69, 9.17) is 4.74 Å². The average Bonchev–Trinajstić information content (AvgIpc) is 3.14. The molecule has 2 amide bonds. The summed E-state index contributed by atoms with van der Waals surface area (Å²) in [6.45, 7) is -0.299. The molecular weight excluding hydrogens is 343 g/mol. The van der Waals surface area contributed by atoms with Crippen molar-refractivity contribution in [3.63, 3.8) is 0 Å². The number of imide groups is 1. The summed E-state index contributed by atoms with van der Waals surface area (Å²) in [6.07, 6.45) is -0.481. The molecule has 1 aromatic carbocycles. The molecule has 2 fully saturated rings. The first-order valence-corrected chi connectivity index (χ1v) is 8.61. The molecule has 1 aromatic rings. The maximum Gasteiger partial charge on any atom is 0.417 e. The van der Waals surface area contributed by atoms with Crippen LogP contribution in [0.15, 0.2) is 23.1 Å². The number of carbonyl (C=O) groups is 2. The summed E-state index contributed by atoms with van der Waals surface area (Å²) in [7, 11) is -2.73. The number of cyclic esters (lactones) is 1.